The van der Waals surface area contributed by atoms with E-state index in [9.17, 15) is 15.2 Å². The molecule has 4 aromatic rings. The molecule has 0 unspecified atom stereocenters. The van der Waals surface area contributed by atoms with Gasteiger partial charge in [-0.3, -0.25) is 0 Å². The molecule has 12 nitrogen and oxygen atoms in total. The van der Waals surface area contributed by atoms with Crippen LogP contribution in [0.5, 0.6) is 5.88 Å². The molecule has 12 heteroatoms. The summed E-state index contributed by atoms with van der Waals surface area (Å²) in [5.74, 6) is -1.08. The molecular weight excluding hydrogens is 402 g/mol. The van der Waals surface area contributed by atoms with Crippen LogP contribution in [0.4, 0.5) is 11.5 Å². The first-order valence-electron chi connectivity index (χ1n) is 8.77. The predicted octanol–water partition coefficient (Wildman–Crippen LogP) is 2.63. The van der Waals surface area contributed by atoms with Crippen LogP contribution >= 0.6 is 0 Å². The summed E-state index contributed by atoms with van der Waals surface area (Å²) < 4.78 is 7.07. The van der Waals surface area contributed by atoms with Gasteiger partial charge in [0.2, 0.25) is 11.6 Å². The molecule has 0 saturated carbocycles. The number of para-hydroxylation sites is 1. The fourth-order valence-electron chi connectivity index (χ4n) is 2.64. The van der Waals surface area contributed by atoms with Gasteiger partial charge >= 0.3 is 5.97 Å². The van der Waals surface area contributed by atoms with Crippen molar-refractivity contribution in [1.82, 2.24) is 29.5 Å². The summed E-state index contributed by atoms with van der Waals surface area (Å²) in [6, 6.07) is 12.2. The van der Waals surface area contributed by atoms with Gasteiger partial charge in [0.15, 0.2) is 11.5 Å². The molecule has 0 radical (unpaired) electrons. The number of aromatic nitrogens is 6. The van der Waals surface area contributed by atoms with Crippen LogP contribution in [0.25, 0.3) is 11.6 Å². The Hall–Kier alpha value is -4.92. The lowest BCUT2D eigenvalue weighted by molar-refractivity contribution is 0.0594. The van der Waals surface area contributed by atoms with Crippen molar-refractivity contribution in [2.75, 3.05) is 7.11 Å². The quantitative estimate of drug-likeness (QED) is 0.385. The Morgan fingerprint density at radius 1 is 1.13 bits per heavy atom. The molecule has 0 fully saturated rings. The molecular formula is C19H13N9O3. The molecule has 0 atom stereocenters. The average Bonchev–Trinajstić information content (AvgIpc) is 3.38. The summed E-state index contributed by atoms with van der Waals surface area (Å²) in [7, 11) is 1.18. The number of nitrogens with zero attached hydrogens (tertiary/aromatic N) is 9. The van der Waals surface area contributed by atoms with Gasteiger partial charge in [0.05, 0.1) is 19.0 Å². The molecule has 0 aliphatic carbocycles. The highest BCUT2D eigenvalue weighted by atomic mass is 16.5. The van der Waals surface area contributed by atoms with E-state index in [0.717, 1.165) is 4.68 Å². The van der Waals surface area contributed by atoms with Crippen LogP contribution in [0.3, 0.4) is 0 Å². The van der Waals surface area contributed by atoms with Crippen molar-refractivity contribution >= 4 is 17.5 Å². The molecule has 1 aromatic carbocycles. The summed E-state index contributed by atoms with van der Waals surface area (Å²) in [6.45, 7) is 0. The third-order valence-corrected chi connectivity index (χ3v) is 4.07. The van der Waals surface area contributed by atoms with Crippen molar-refractivity contribution in [1.29, 1.82) is 5.26 Å². The molecule has 0 saturated heterocycles. The molecule has 0 aliphatic rings. The van der Waals surface area contributed by atoms with Crippen molar-refractivity contribution in [3.8, 4) is 23.6 Å². The molecule has 3 heterocycles. The first-order chi connectivity index (χ1) is 15.1. The smallest absolute Gasteiger partial charge is 0.361 e. The number of rotatable bonds is 5. The second-order valence-electron chi connectivity index (χ2n) is 5.91. The van der Waals surface area contributed by atoms with E-state index in [-0.39, 0.29) is 28.7 Å². The van der Waals surface area contributed by atoms with Gasteiger partial charge in [-0.2, -0.15) is 24.8 Å². The van der Waals surface area contributed by atoms with Gasteiger partial charge < -0.3 is 9.84 Å². The standard InChI is InChI=1S/C19H13N9O3/c1-31-18(30)15-14(17(29)27(26-15)13-6-3-2-4-7-13)24-25-16-12(10-20)11-23-28(16)19-21-8-5-9-22-19/h2-9,11,29H,1H3. The van der Waals surface area contributed by atoms with Crippen molar-refractivity contribution < 1.29 is 14.6 Å². The highest BCUT2D eigenvalue weighted by Crippen LogP contribution is 2.35. The Morgan fingerprint density at radius 2 is 1.87 bits per heavy atom. The number of carbonyl (C=O) groups is 1. The lowest BCUT2D eigenvalue weighted by Gasteiger charge is -2.02. The van der Waals surface area contributed by atoms with Gasteiger partial charge in [-0.1, -0.05) is 18.2 Å². The minimum absolute atomic E-state index is 0.0105. The SMILES string of the molecule is COC(=O)c1nn(-c2ccccc2)c(O)c1N=Nc1c(C#N)cnn1-c1ncccn1. The number of carbonyl (C=O) groups excluding carboxylic acids is 1. The molecule has 3 aromatic heterocycles. The van der Waals surface area contributed by atoms with Crippen LogP contribution in [-0.4, -0.2) is 47.7 Å². The normalized spacial score (nSPS) is 10.8. The second-order valence-corrected chi connectivity index (χ2v) is 5.91. The summed E-state index contributed by atoms with van der Waals surface area (Å²) in [5, 5.41) is 36.2. The zero-order valence-electron chi connectivity index (χ0n) is 16.0. The van der Waals surface area contributed by atoms with Crippen LogP contribution in [0.2, 0.25) is 0 Å². The maximum Gasteiger partial charge on any atom is 0.361 e. The maximum absolute atomic E-state index is 12.2. The van der Waals surface area contributed by atoms with Gasteiger partial charge in [0.25, 0.3) is 5.95 Å². The highest BCUT2D eigenvalue weighted by molar-refractivity contribution is 5.94. The lowest BCUT2D eigenvalue weighted by Crippen LogP contribution is -2.04. The third kappa shape index (κ3) is 3.58. The van der Waals surface area contributed by atoms with E-state index in [4.69, 9.17) is 4.74 Å². The minimum Gasteiger partial charge on any atom is -0.492 e. The number of hydrogen-bond acceptors (Lipinski definition) is 10. The molecule has 1 N–H and O–H groups in total. The number of benzene rings is 1. The van der Waals surface area contributed by atoms with E-state index in [1.807, 2.05) is 6.07 Å². The van der Waals surface area contributed by atoms with Gasteiger partial charge in [0, 0.05) is 12.4 Å². The third-order valence-electron chi connectivity index (χ3n) is 4.07. The molecule has 152 valence electrons. The molecule has 0 amide bonds. The number of methoxy groups -OCH3 is 1. The van der Waals surface area contributed by atoms with E-state index in [2.05, 4.69) is 30.4 Å². The van der Waals surface area contributed by atoms with Crippen LogP contribution < -0.4 is 0 Å². The zero-order chi connectivity index (χ0) is 21.8. The minimum atomic E-state index is -0.820. The summed E-state index contributed by atoms with van der Waals surface area (Å²) in [6.07, 6.45) is 4.28. The Kier molecular flexibility index (Phi) is 5.14. The first-order valence-corrected chi connectivity index (χ1v) is 8.77. The van der Waals surface area contributed by atoms with Gasteiger partial charge in [-0.05, 0) is 18.2 Å². The summed E-state index contributed by atoms with van der Waals surface area (Å²) in [4.78, 5) is 20.3. The average molecular weight is 415 g/mol. The largest absolute Gasteiger partial charge is 0.492 e. The van der Waals surface area contributed by atoms with E-state index >= 15 is 0 Å². The molecule has 0 aliphatic heterocycles. The Balaban J connectivity index is 1.84. The molecule has 0 bridgehead atoms. The molecule has 4 rings (SSSR count). The monoisotopic (exact) mass is 415 g/mol. The number of hydrogen-bond donors (Lipinski definition) is 1. The van der Waals surface area contributed by atoms with E-state index in [0.29, 0.717) is 5.69 Å². The van der Waals surface area contributed by atoms with Crippen LogP contribution in [0.1, 0.15) is 16.1 Å². The maximum atomic E-state index is 12.2. The highest BCUT2D eigenvalue weighted by Gasteiger charge is 2.25. The number of nitriles is 1. The van der Waals surface area contributed by atoms with Crippen molar-refractivity contribution in [2.45, 2.75) is 0 Å². The van der Waals surface area contributed by atoms with Crippen LogP contribution in [-0.2, 0) is 4.74 Å². The lowest BCUT2D eigenvalue weighted by atomic mass is 10.3. The first kappa shape index (κ1) is 19.4. The summed E-state index contributed by atoms with van der Waals surface area (Å²) in [5.41, 5.74) is 0.0901. The van der Waals surface area contributed by atoms with E-state index in [1.165, 1.54) is 30.4 Å². The van der Waals surface area contributed by atoms with Gasteiger partial charge in [-0.15, -0.1) is 10.2 Å². The van der Waals surface area contributed by atoms with E-state index < -0.39 is 11.8 Å². The van der Waals surface area contributed by atoms with Gasteiger partial charge in [0.1, 0.15) is 11.6 Å². The van der Waals surface area contributed by atoms with Crippen molar-refractivity contribution in [3.63, 3.8) is 0 Å². The molecule has 0 spiro atoms. The fourth-order valence-corrected chi connectivity index (χ4v) is 2.64. The zero-order valence-corrected chi connectivity index (χ0v) is 16.0. The van der Waals surface area contributed by atoms with Gasteiger partial charge in [-0.25, -0.2) is 14.8 Å². The number of ether oxygens (including phenoxy) is 1. The Bertz CT molecular complexity index is 1300. The van der Waals surface area contributed by atoms with E-state index in [1.54, 1.807) is 36.4 Å². The Morgan fingerprint density at radius 3 is 2.55 bits per heavy atom. The summed E-state index contributed by atoms with van der Waals surface area (Å²) >= 11 is 0. The second kappa shape index (κ2) is 8.21. The van der Waals surface area contributed by atoms with Crippen LogP contribution in [0.15, 0.2) is 65.2 Å². The number of azo groups is 1. The van der Waals surface area contributed by atoms with Crippen LogP contribution in [0, 0.1) is 11.3 Å². The topological polar surface area (TPSA) is 156 Å². The Labute approximate surface area is 174 Å². The van der Waals surface area contributed by atoms with Crippen molar-refractivity contribution in [2.24, 2.45) is 10.2 Å². The predicted molar refractivity (Wildman–Crippen MR) is 105 cm³/mol. The molecule has 31 heavy (non-hydrogen) atoms. The number of esters is 1. The van der Waals surface area contributed by atoms with Crippen molar-refractivity contribution in [3.05, 3.63) is 66.2 Å². The number of aromatic hydroxyl groups is 1. The fraction of sp³-hybridized carbons (Fsp3) is 0.0526.